The molecule has 1 unspecified atom stereocenters. The number of hydrogen-bond acceptors (Lipinski definition) is 5. The molecule has 0 aromatic carbocycles. The Morgan fingerprint density at radius 1 is 1.36 bits per heavy atom. The molecule has 1 aromatic heterocycles. The first kappa shape index (κ1) is 15.3. The van der Waals surface area contributed by atoms with E-state index in [1.54, 1.807) is 18.3 Å². The molecule has 22 heavy (non-hydrogen) atoms. The Kier molecular flexibility index (Phi) is 5.25. The molecular formula is C17H23N3O2. The van der Waals surface area contributed by atoms with Crippen LogP contribution in [0.1, 0.15) is 31.2 Å². The van der Waals surface area contributed by atoms with E-state index in [-0.39, 0.29) is 0 Å². The van der Waals surface area contributed by atoms with Crippen LogP contribution in [-0.4, -0.2) is 48.8 Å². The number of pyridine rings is 1. The molecule has 0 bridgehead atoms. The molecule has 1 aromatic rings. The maximum atomic E-state index is 8.88. The van der Waals surface area contributed by atoms with Crippen molar-refractivity contribution in [3.63, 3.8) is 0 Å². The van der Waals surface area contributed by atoms with Gasteiger partial charge in [-0.25, -0.2) is 4.98 Å². The third-order valence-electron chi connectivity index (χ3n) is 4.52. The van der Waals surface area contributed by atoms with E-state index in [9.17, 15) is 0 Å². The van der Waals surface area contributed by atoms with E-state index in [0.29, 0.717) is 30.1 Å². The molecule has 0 amide bonds. The minimum Gasteiger partial charge on any atom is -0.477 e. The van der Waals surface area contributed by atoms with Crippen LogP contribution in [0.5, 0.6) is 5.88 Å². The van der Waals surface area contributed by atoms with Gasteiger partial charge in [-0.15, -0.1) is 0 Å². The van der Waals surface area contributed by atoms with E-state index in [0.717, 1.165) is 39.1 Å². The number of ether oxygens (including phenoxy) is 2. The van der Waals surface area contributed by atoms with E-state index in [1.165, 1.54) is 12.8 Å². The monoisotopic (exact) mass is 301 g/mol. The van der Waals surface area contributed by atoms with Crippen LogP contribution in [0.25, 0.3) is 0 Å². The highest BCUT2D eigenvalue weighted by molar-refractivity contribution is 5.31. The summed E-state index contributed by atoms with van der Waals surface area (Å²) in [6, 6.07) is 5.50. The summed E-state index contributed by atoms with van der Waals surface area (Å²) >= 11 is 0. The SMILES string of the molecule is N#Cc1ccnc(OCC2CCN(CC3CCCO3)CC2)c1. The Bertz CT molecular complexity index is 515. The van der Waals surface area contributed by atoms with Crippen molar-refractivity contribution >= 4 is 0 Å². The van der Waals surface area contributed by atoms with Gasteiger partial charge in [0.1, 0.15) is 0 Å². The molecular weight excluding hydrogens is 278 g/mol. The van der Waals surface area contributed by atoms with Gasteiger partial charge in [-0.3, -0.25) is 0 Å². The predicted octanol–water partition coefficient (Wildman–Crippen LogP) is 2.22. The Balaban J connectivity index is 1.39. The van der Waals surface area contributed by atoms with E-state index in [4.69, 9.17) is 14.7 Å². The zero-order chi connectivity index (χ0) is 15.2. The molecule has 118 valence electrons. The fraction of sp³-hybridized carbons (Fsp3) is 0.647. The Labute approximate surface area is 131 Å². The second-order valence-electron chi connectivity index (χ2n) is 6.18. The zero-order valence-electron chi connectivity index (χ0n) is 12.9. The van der Waals surface area contributed by atoms with Crippen molar-refractivity contribution < 1.29 is 9.47 Å². The van der Waals surface area contributed by atoms with Gasteiger partial charge in [-0.2, -0.15) is 5.26 Å². The molecule has 2 aliphatic heterocycles. The number of rotatable bonds is 5. The zero-order valence-corrected chi connectivity index (χ0v) is 12.9. The van der Waals surface area contributed by atoms with Crippen molar-refractivity contribution in [1.29, 1.82) is 5.26 Å². The molecule has 3 rings (SSSR count). The lowest BCUT2D eigenvalue weighted by Crippen LogP contribution is -2.39. The summed E-state index contributed by atoms with van der Waals surface area (Å²) in [6.07, 6.45) is 6.81. The maximum absolute atomic E-state index is 8.88. The first-order valence-electron chi connectivity index (χ1n) is 8.16. The van der Waals surface area contributed by atoms with Crippen molar-refractivity contribution in [2.45, 2.75) is 31.8 Å². The smallest absolute Gasteiger partial charge is 0.214 e. The molecule has 0 spiro atoms. The first-order valence-corrected chi connectivity index (χ1v) is 8.16. The van der Waals surface area contributed by atoms with Crippen molar-refractivity contribution in [2.24, 2.45) is 5.92 Å². The normalized spacial score (nSPS) is 23.3. The molecule has 0 radical (unpaired) electrons. The highest BCUT2D eigenvalue weighted by Gasteiger charge is 2.24. The average molecular weight is 301 g/mol. The first-order chi connectivity index (χ1) is 10.8. The van der Waals surface area contributed by atoms with Crippen LogP contribution < -0.4 is 4.74 Å². The van der Waals surface area contributed by atoms with Crippen molar-refractivity contribution in [3.05, 3.63) is 23.9 Å². The fourth-order valence-corrected chi connectivity index (χ4v) is 3.17. The molecule has 0 saturated carbocycles. The third-order valence-corrected chi connectivity index (χ3v) is 4.52. The van der Waals surface area contributed by atoms with Gasteiger partial charge < -0.3 is 14.4 Å². The highest BCUT2D eigenvalue weighted by atomic mass is 16.5. The second-order valence-corrected chi connectivity index (χ2v) is 6.18. The van der Waals surface area contributed by atoms with Crippen LogP contribution in [0.4, 0.5) is 0 Å². The second kappa shape index (κ2) is 7.57. The quantitative estimate of drug-likeness (QED) is 0.834. The molecule has 5 heteroatoms. The van der Waals surface area contributed by atoms with Gasteiger partial charge in [0.25, 0.3) is 0 Å². The molecule has 2 fully saturated rings. The minimum atomic E-state index is 0.450. The predicted molar refractivity (Wildman–Crippen MR) is 82.6 cm³/mol. The fourth-order valence-electron chi connectivity index (χ4n) is 3.17. The summed E-state index contributed by atoms with van der Waals surface area (Å²) in [6.45, 7) is 4.96. The molecule has 3 heterocycles. The van der Waals surface area contributed by atoms with E-state index < -0.39 is 0 Å². The lowest BCUT2D eigenvalue weighted by Gasteiger charge is -2.33. The largest absolute Gasteiger partial charge is 0.477 e. The van der Waals surface area contributed by atoms with Gasteiger partial charge in [-0.05, 0) is 50.8 Å². The van der Waals surface area contributed by atoms with E-state index >= 15 is 0 Å². The van der Waals surface area contributed by atoms with E-state index in [1.807, 2.05) is 0 Å². The summed E-state index contributed by atoms with van der Waals surface area (Å²) in [5.74, 6) is 1.13. The number of nitriles is 1. The van der Waals surface area contributed by atoms with Gasteiger partial charge in [-0.1, -0.05) is 0 Å². The van der Waals surface area contributed by atoms with Crippen molar-refractivity contribution in [1.82, 2.24) is 9.88 Å². The van der Waals surface area contributed by atoms with Gasteiger partial charge >= 0.3 is 0 Å². The standard InChI is InChI=1S/C17H23N3O2/c18-11-15-3-6-19-17(10-15)22-13-14-4-7-20(8-5-14)12-16-2-1-9-21-16/h3,6,10,14,16H,1-2,4-5,7-9,12-13H2. The average Bonchev–Trinajstić information content (AvgIpc) is 3.07. The maximum Gasteiger partial charge on any atom is 0.214 e. The molecule has 2 aliphatic rings. The Morgan fingerprint density at radius 2 is 2.23 bits per heavy atom. The Hall–Kier alpha value is -1.64. The van der Waals surface area contributed by atoms with Crippen LogP contribution in [-0.2, 0) is 4.74 Å². The summed E-state index contributed by atoms with van der Waals surface area (Å²) < 4.78 is 11.5. The van der Waals surface area contributed by atoms with Crippen LogP contribution in [0, 0.1) is 17.2 Å². The number of aromatic nitrogens is 1. The summed E-state index contributed by atoms with van der Waals surface area (Å²) in [5, 5.41) is 8.88. The van der Waals surface area contributed by atoms with Crippen molar-refractivity contribution in [2.75, 3.05) is 32.8 Å². The van der Waals surface area contributed by atoms with Gasteiger partial charge in [0.05, 0.1) is 24.3 Å². The molecule has 0 N–H and O–H groups in total. The van der Waals surface area contributed by atoms with Crippen molar-refractivity contribution in [3.8, 4) is 11.9 Å². The molecule has 0 aliphatic carbocycles. The van der Waals surface area contributed by atoms with Gasteiger partial charge in [0.15, 0.2) is 0 Å². The molecule has 2 saturated heterocycles. The number of nitrogens with zero attached hydrogens (tertiary/aromatic N) is 3. The highest BCUT2D eigenvalue weighted by Crippen LogP contribution is 2.21. The lowest BCUT2D eigenvalue weighted by molar-refractivity contribution is 0.0546. The third kappa shape index (κ3) is 4.19. The number of likely N-dealkylation sites (tertiary alicyclic amines) is 1. The molecule has 1 atom stereocenters. The summed E-state index contributed by atoms with van der Waals surface area (Å²) in [4.78, 5) is 6.67. The number of hydrogen-bond donors (Lipinski definition) is 0. The van der Waals surface area contributed by atoms with Crippen LogP contribution in [0.2, 0.25) is 0 Å². The van der Waals surface area contributed by atoms with Crippen LogP contribution in [0.15, 0.2) is 18.3 Å². The summed E-state index contributed by atoms with van der Waals surface area (Å²) in [7, 11) is 0. The minimum absolute atomic E-state index is 0.450. The summed E-state index contributed by atoms with van der Waals surface area (Å²) in [5.41, 5.74) is 0.594. The molecule has 5 nitrogen and oxygen atoms in total. The van der Waals surface area contributed by atoms with Crippen LogP contribution in [0.3, 0.4) is 0 Å². The Morgan fingerprint density at radius 3 is 2.95 bits per heavy atom. The lowest BCUT2D eigenvalue weighted by atomic mass is 9.97. The number of piperidine rings is 1. The van der Waals surface area contributed by atoms with Gasteiger partial charge in [0.2, 0.25) is 5.88 Å². The van der Waals surface area contributed by atoms with E-state index in [2.05, 4.69) is 16.0 Å². The van der Waals surface area contributed by atoms with Crippen LogP contribution >= 0.6 is 0 Å². The van der Waals surface area contributed by atoms with Gasteiger partial charge in [0, 0.05) is 25.4 Å². The topological polar surface area (TPSA) is 58.4 Å².